The van der Waals surface area contributed by atoms with Crippen molar-refractivity contribution in [3.63, 3.8) is 0 Å². The van der Waals surface area contributed by atoms with Crippen molar-refractivity contribution in [3.05, 3.63) is 183 Å². The number of aromatic amines is 1. The largest absolute Gasteiger partial charge is 0.478 e. The van der Waals surface area contributed by atoms with Crippen LogP contribution in [0.25, 0.3) is 22.9 Å². The summed E-state index contributed by atoms with van der Waals surface area (Å²) in [5.41, 5.74) is 11.8. The second-order valence-electron chi connectivity index (χ2n) is 17.1. The number of rotatable bonds is 5. The average molecular weight is 872 g/mol. The molecule has 0 spiro atoms. The molecule has 0 saturated carbocycles. The molecule has 5 aromatic carbocycles. The Morgan fingerprint density at radius 1 is 0.846 bits per heavy atom. The smallest absolute Gasteiger partial charge is 0.335 e. The molecule has 0 fully saturated rings. The maximum atomic E-state index is 12.3. The molecule has 65 heavy (non-hydrogen) atoms. The zero-order valence-corrected chi connectivity index (χ0v) is 36.9. The van der Waals surface area contributed by atoms with Crippen molar-refractivity contribution in [2.24, 2.45) is 27.0 Å². The highest BCUT2D eigenvalue weighted by atomic mass is 32.2. The predicted molar refractivity (Wildman–Crippen MR) is 260 cm³/mol. The number of amidine groups is 3. The molecule has 1 aliphatic carbocycles. The highest BCUT2D eigenvalue weighted by Gasteiger charge is 2.38. The van der Waals surface area contributed by atoms with Gasteiger partial charge in [-0.15, -0.1) is 0 Å². The van der Waals surface area contributed by atoms with E-state index in [-0.39, 0.29) is 23.0 Å². The summed E-state index contributed by atoms with van der Waals surface area (Å²) < 4.78 is 4.08. The Labute approximate surface area is 378 Å². The van der Waals surface area contributed by atoms with Crippen molar-refractivity contribution in [1.82, 2.24) is 9.55 Å². The number of fused-ring (bicyclic) bond motifs is 19. The van der Waals surface area contributed by atoms with Gasteiger partial charge in [0.05, 0.1) is 34.6 Å². The van der Waals surface area contributed by atoms with E-state index in [0.717, 1.165) is 73.8 Å². The number of carbonyl (C=O) groups is 1. The van der Waals surface area contributed by atoms with E-state index in [1.807, 2.05) is 72.9 Å². The number of aliphatic imine (C=N–C) groups is 2. The first-order chi connectivity index (χ1) is 31.7. The van der Waals surface area contributed by atoms with Crippen LogP contribution in [-0.4, -0.2) is 62.2 Å². The number of likely N-dealkylation sites (N-methyl/N-ethyl adjacent to an activating group) is 1. The Balaban J connectivity index is 0.972. The summed E-state index contributed by atoms with van der Waals surface area (Å²) in [5, 5.41) is 19.4. The Morgan fingerprint density at radius 2 is 1.57 bits per heavy atom. The second kappa shape index (κ2) is 14.9. The normalized spacial score (nSPS) is 19.1. The van der Waals surface area contributed by atoms with E-state index in [2.05, 4.69) is 118 Å². The quantitative estimate of drug-likeness (QED) is 0.128. The highest BCUT2D eigenvalue weighted by molar-refractivity contribution is 8.00. The number of hydrogen-bond acceptors (Lipinski definition) is 9. The van der Waals surface area contributed by atoms with E-state index in [1.54, 1.807) is 12.1 Å². The van der Waals surface area contributed by atoms with Crippen LogP contribution in [0.2, 0.25) is 0 Å². The van der Waals surface area contributed by atoms with Gasteiger partial charge in [-0.2, -0.15) is 0 Å². The fourth-order valence-corrected chi connectivity index (χ4v) is 11.0. The van der Waals surface area contributed by atoms with Crippen molar-refractivity contribution in [3.8, 4) is 0 Å². The van der Waals surface area contributed by atoms with Gasteiger partial charge in [-0.05, 0) is 77.5 Å². The van der Waals surface area contributed by atoms with Crippen LogP contribution in [0.4, 0.5) is 23.0 Å². The number of allylic oxidation sites excluding steroid dienone is 1. The molecule has 4 aliphatic heterocycles. The molecule has 12 rings (SSSR count). The molecule has 318 valence electrons. The zero-order valence-electron chi connectivity index (χ0n) is 36.0. The Morgan fingerprint density at radius 3 is 2.35 bits per heavy atom. The van der Waals surface area contributed by atoms with E-state index in [1.165, 1.54) is 10.6 Å². The first kappa shape index (κ1) is 38.9. The fourth-order valence-electron chi connectivity index (χ4n) is 9.82. The van der Waals surface area contributed by atoms with E-state index >= 15 is 0 Å². The number of nitrogens with one attached hydrogen (secondary N) is 3. The third kappa shape index (κ3) is 6.36. The molecule has 2 aromatic heterocycles. The van der Waals surface area contributed by atoms with E-state index in [4.69, 9.17) is 20.0 Å². The molecule has 12 nitrogen and oxygen atoms in total. The van der Waals surface area contributed by atoms with Crippen LogP contribution in [0.5, 0.6) is 0 Å². The molecular formula is C52H43N10O2S+. The van der Waals surface area contributed by atoms with Crippen LogP contribution < -0.4 is 26.5 Å². The lowest BCUT2D eigenvalue weighted by atomic mass is 9.88. The van der Waals surface area contributed by atoms with E-state index in [9.17, 15) is 9.90 Å². The molecule has 8 bridgehead atoms. The van der Waals surface area contributed by atoms with Crippen LogP contribution in [0.1, 0.15) is 74.7 Å². The molecule has 0 saturated heterocycles. The Kier molecular flexibility index (Phi) is 8.92. The lowest BCUT2D eigenvalue weighted by molar-refractivity contribution is -0.532. The first-order valence-corrected chi connectivity index (χ1v) is 22.6. The summed E-state index contributed by atoms with van der Waals surface area (Å²) in [4.78, 5) is 40.7. The van der Waals surface area contributed by atoms with Gasteiger partial charge in [0, 0.05) is 63.6 Å². The number of anilines is 3. The Bertz CT molecular complexity index is 3500. The van der Waals surface area contributed by atoms with Crippen molar-refractivity contribution >= 4 is 81.2 Å². The van der Waals surface area contributed by atoms with Crippen LogP contribution in [0.15, 0.2) is 152 Å². The number of carboxylic acid groups (broad SMARTS) is 1. The molecule has 3 atom stereocenters. The van der Waals surface area contributed by atoms with Gasteiger partial charge in [-0.1, -0.05) is 97.6 Å². The van der Waals surface area contributed by atoms with Gasteiger partial charge in [0.15, 0.2) is 17.8 Å². The molecule has 7 aromatic rings. The van der Waals surface area contributed by atoms with Crippen molar-refractivity contribution in [2.45, 2.75) is 35.7 Å². The van der Waals surface area contributed by atoms with Crippen molar-refractivity contribution < 1.29 is 14.5 Å². The van der Waals surface area contributed by atoms with Gasteiger partial charge in [0.2, 0.25) is 0 Å². The molecule has 0 radical (unpaired) electrons. The number of benzene rings is 5. The Hall–Kier alpha value is -7.77. The summed E-state index contributed by atoms with van der Waals surface area (Å²) >= 11 is 1.87. The minimum absolute atomic E-state index is 0.121. The number of hydrogen-bond donors (Lipinski definition) is 4. The molecule has 13 heteroatoms. The molecule has 5 aliphatic rings. The topological polar surface area (TPSA) is 138 Å². The summed E-state index contributed by atoms with van der Waals surface area (Å²) in [5.74, 6) is 2.51. The fraction of sp³-hybridized carbons (Fsp3) is 0.154. The number of aromatic nitrogens is 2. The van der Waals surface area contributed by atoms with E-state index < -0.39 is 5.97 Å². The highest BCUT2D eigenvalue weighted by Crippen LogP contribution is 2.46. The minimum Gasteiger partial charge on any atom is -0.478 e. The zero-order chi connectivity index (χ0) is 44.1. The van der Waals surface area contributed by atoms with Crippen LogP contribution >= 0.6 is 11.8 Å². The number of para-hydroxylation sites is 1. The number of H-pyrrole nitrogens is 1. The lowest BCUT2D eigenvalue weighted by Gasteiger charge is -2.24. The lowest BCUT2D eigenvalue weighted by Crippen LogP contribution is -2.28. The first-order valence-electron chi connectivity index (χ1n) is 21.7. The number of nitrogens with zero attached hydrogens (tertiary/aromatic N) is 7. The van der Waals surface area contributed by atoms with E-state index in [0.29, 0.717) is 33.9 Å². The van der Waals surface area contributed by atoms with Crippen molar-refractivity contribution in [1.29, 1.82) is 0 Å². The van der Waals surface area contributed by atoms with Gasteiger partial charge in [-0.3, -0.25) is 4.57 Å². The molecule has 3 unspecified atom stereocenters. The third-order valence-corrected chi connectivity index (χ3v) is 14.4. The number of aromatic carboxylic acids is 1. The number of carboxylic acids is 1. The van der Waals surface area contributed by atoms with Gasteiger partial charge in [-0.25, -0.2) is 24.3 Å². The van der Waals surface area contributed by atoms with Crippen LogP contribution in [0, 0.1) is 0 Å². The number of thioether (sulfide) groups is 1. The summed E-state index contributed by atoms with van der Waals surface area (Å²) in [7, 11) is 6.11. The van der Waals surface area contributed by atoms with Crippen molar-refractivity contribution in [2.75, 3.05) is 29.6 Å². The van der Waals surface area contributed by atoms with Gasteiger partial charge >= 0.3 is 11.8 Å². The average Bonchev–Trinajstić information content (AvgIpc) is 4.08. The monoisotopic (exact) mass is 871 g/mol. The summed E-state index contributed by atoms with van der Waals surface area (Å²) in [6, 6.07) is 38.6. The second-order valence-corrected chi connectivity index (χ2v) is 18.3. The standard InChI is InChI=1S/C52H42N10O2S/c1-28-25-32(53-31-21-17-29(18-22-31)19-24-42-60(2)40-15-9-10-16-41(40)65-42)27-39-43(28)47-56-46(39)55-44-33-11-5-6-12-34(33)45(54-44)57-49-37-23-20-30(52(63)64)26-38(37)51(62(49)4)59-50-36-14-8-7-13-35(36)48(58-47)61(50)3/h5-24,26-28,42,48H,25H2,1-4H3,(H3,53,54,55,56,57,58,63,64)/p+1/b24-19+,59-50?. The molecule has 6 heterocycles. The third-order valence-electron chi connectivity index (χ3n) is 13.1. The van der Waals surface area contributed by atoms with Crippen LogP contribution in [0.3, 0.4) is 0 Å². The summed E-state index contributed by atoms with van der Waals surface area (Å²) in [6.45, 7) is 2.26. The van der Waals surface area contributed by atoms with Crippen LogP contribution in [-0.2, 0) is 7.05 Å². The maximum Gasteiger partial charge on any atom is 0.335 e. The van der Waals surface area contributed by atoms with Gasteiger partial charge in [0.1, 0.15) is 17.1 Å². The van der Waals surface area contributed by atoms with Gasteiger partial charge in [0.25, 0.3) is 5.49 Å². The minimum atomic E-state index is -1.01. The molecule has 0 amide bonds. The maximum absolute atomic E-state index is 12.3. The summed E-state index contributed by atoms with van der Waals surface area (Å²) in [6.07, 6.45) is 7.20. The molecular weight excluding hydrogens is 829 g/mol. The predicted octanol–water partition coefficient (Wildman–Crippen LogP) is 9.05. The van der Waals surface area contributed by atoms with Gasteiger partial charge < -0.3 is 25.6 Å². The molecule has 4 N–H and O–H groups in total. The SMILES string of the molecule is CC1CC(Nc2ccc(/C=C/C3Sc4ccccc4N3C)cc2)=Cc2c3[nH]c(c21)NC1c2ccccc2C(=[N+]1C)N=c1c2cc(C(=O)O)ccc2c(n1C)=NC1=NC(=N3)c2ccccc21.